The highest BCUT2D eigenvalue weighted by Crippen LogP contribution is 2.29. The van der Waals surface area contributed by atoms with Gasteiger partial charge in [-0.25, -0.2) is 4.39 Å². The van der Waals surface area contributed by atoms with Crippen molar-refractivity contribution in [3.8, 4) is 6.07 Å². The van der Waals surface area contributed by atoms with Gasteiger partial charge in [0.2, 0.25) is 0 Å². The predicted molar refractivity (Wildman–Crippen MR) is 51.0 cm³/mol. The molecule has 1 aromatic carbocycles. The van der Waals surface area contributed by atoms with Gasteiger partial charge in [0.1, 0.15) is 11.9 Å². The van der Waals surface area contributed by atoms with E-state index in [1.807, 2.05) is 6.07 Å². The topological polar surface area (TPSA) is 49.8 Å². The monoisotopic (exact) mass is 190 g/mol. The summed E-state index contributed by atoms with van der Waals surface area (Å²) < 4.78 is 13.2. The van der Waals surface area contributed by atoms with E-state index in [1.165, 1.54) is 6.07 Å². The normalized spacial score (nSPS) is 19.9. The van der Waals surface area contributed by atoms with Crippen molar-refractivity contribution >= 4 is 0 Å². The van der Waals surface area contributed by atoms with E-state index in [-0.39, 0.29) is 11.6 Å². The molecule has 0 bridgehead atoms. The number of halogens is 1. The molecule has 1 aliphatic carbocycles. The largest absolute Gasteiger partial charge is 0.324 e. The average molecular weight is 190 g/mol. The highest BCUT2D eigenvalue weighted by Gasteiger charge is 2.19. The van der Waals surface area contributed by atoms with Crippen LogP contribution in [-0.2, 0) is 6.42 Å². The average Bonchev–Trinajstić information content (AvgIpc) is 2.17. The first-order chi connectivity index (χ1) is 6.72. The highest BCUT2D eigenvalue weighted by molar-refractivity contribution is 5.42. The van der Waals surface area contributed by atoms with Gasteiger partial charge in [-0.2, -0.15) is 5.26 Å². The number of rotatable bonds is 0. The van der Waals surface area contributed by atoms with Crippen molar-refractivity contribution in [1.29, 1.82) is 5.26 Å². The van der Waals surface area contributed by atoms with E-state index in [4.69, 9.17) is 11.0 Å². The lowest BCUT2D eigenvalue weighted by Crippen LogP contribution is -2.18. The van der Waals surface area contributed by atoms with Gasteiger partial charge in [-0.3, -0.25) is 0 Å². The second kappa shape index (κ2) is 3.39. The van der Waals surface area contributed by atoms with E-state index in [2.05, 4.69) is 0 Å². The summed E-state index contributed by atoms with van der Waals surface area (Å²) in [6.07, 6.45) is 2.79. The van der Waals surface area contributed by atoms with Crippen molar-refractivity contribution in [2.24, 2.45) is 5.73 Å². The van der Waals surface area contributed by atoms with Crippen molar-refractivity contribution in [2.75, 3.05) is 0 Å². The van der Waals surface area contributed by atoms with Crippen LogP contribution in [0.4, 0.5) is 4.39 Å². The van der Waals surface area contributed by atoms with Gasteiger partial charge in [0.15, 0.2) is 0 Å². The van der Waals surface area contributed by atoms with Crippen LogP contribution in [0.3, 0.4) is 0 Å². The van der Waals surface area contributed by atoms with Crippen LogP contribution < -0.4 is 5.73 Å². The maximum atomic E-state index is 13.2. The number of benzene rings is 1. The zero-order valence-corrected chi connectivity index (χ0v) is 7.76. The van der Waals surface area contributed by atoms with Crippen molar-refractivity contribution in [3.05, 3.63) is 34.6 Å². The molecule has 3 heteroatoms. The summed E-state index contributed by atoms with van der Waals surface area (Å²) in [4.78, 5) is 0. The molecule has 0 spiro atoms. The van der Waals surface area contributed by atoms with Crippen LogP contribution in [0.15, 0.2) is 12.1 Å². The molecule has 0 saturated carbocycles. The van der Waals surface area contributed by atoms with Crippen LogP contribution in [0.25, 0.3) is 0 Å². The Morgan fingerprint density at radius 2 is 2.29 bits per heavy atom. The zero-order valence-electron chi connectivity index (χ0n) is 7.76. The minimum absolute atomic E-state index is 0.0357. The SMILES string of the molecule is N#Cc1cc2c(cc1F)CCCC2N. The Labute approximate surface area is 82.1 Å². The molecule has 1 aliphatic rings. The minimum Gasteiger partial charge on any atom is -0.324 e. The number of nitrogens with two attached hydrogens (primary N) is 1. The van der Waals surface area contributed by atoms with Crippen LogP contribution in [-0.4, -0.2) is 0 Å². The van der Waals surface area contributed by atoms with Crippen LogP contribution in [0.1, 0.15) is 35.6 Å². The van der Waals surface area contributed by atoms with Gasteiger partial charge in [0.05, 0.1) is 5.56 Å². The molecule has 0 radical (unpaired) electrons. The molecule has 0 aromatic heterocycles. The van der Waals surface area contributed by atoms with Gasteiger partial charge >= 0.3 is 0 Å². The Hall–Kier alpha value is -1.40. The third-order valence-corrected chi connectivity index (χ3v) is 2.71. The summed E-state index contributed by atoms with van der Waals surface area (Å²) in [5.41, 5.74) is 7.88. The second-order valence-electron chi connectivity index (χ2n) is 3.64. The molecule has 1 unspecified atom stereocenters. The molecule has 14 heavy (non-hydrogen) atoms. The molecule has 0 aliphatic heterocycles. The van der Waals surface area contributed by atoms with E-state index < -0.39 is 5.82 Å². The summed E-state index contributed by atoms with van der Waals surface area (Å²) >= 11 is 0. The van der Waals surface area contributed by atoms with Gasteiger partial charge in [-0.1, -0.05) is 0 Å². The fourth-order valence-corrected chi connectivity index (χ4v) is 1.95. The summed E-state index contributed by atoms with van der Waals surface area (Å²) in [5.74, 6) is -0.430. The highest BCUT2D eigenvalue weighted by atomic mass is 19.1. The molecule has 0 fully saturated rings. The van der Waals surface area contributed by atoms with Gasteiger partial charge in [0, 0.05) is 6.04 Å². The maximum absolute atomic E-state index is 13.2. The minimum atomic E-state index is -0.430. The maximum Gasteiger partial charge on any atom is 0.141 e. The number of hydrogen-bond acceptors (Lipinski definition) is 2. The fourth-order valence-electron chi connectivity index (χ4n) is 1.95. The Balaban J connectivity index is 2.56. The molecule has 0 saturated heterocycles. The van der Waals surface area contributed by atoms with Gasteiger partial charge in [0.25, 0.3) is 0 Å². The van der Waals surface area contributed by atoms with Crippen LogP contribution in [0.2, 0.25) is 0 Å². The lowest BCUT2D eigenvalue weighted by atomic mass is 9.87. The van der Waals surface area contributed by atoms with Gasteiger partial charge < -0.3 is 5.73 Å². The zero-order chi connectivity index (χ0) is 10.1. The molecular formula is C11H11FN2. The number of fused-ring (bicyclic) bond motifs is 1. The van der Waals surface area contributed by atoms with Gasteiger partial charge in [-0.15, -0.1) is 0 Å². The van der Waals surface area contributed by atoms with E-state index >= 15 is 0 Å². The summed E-state index contributed by atoms with van der Waals surface area (Å²) in [6.45, 7) is 0. The molecule has 2 rings (SSSR count). The first-order valence-corrected chi connectivity index (χ1v) is 4.70. The van der Waals surface area contributed by atoms with E-state index in [1.54, 1.807) is 6.07 Å². The van der Waals surface area contributed by atoms with Crippen molar-refractivity contribution in [2.45, 2.75) is 25.3 Å². The standard InChI is InChI=1S/C11H11FN2/c12-10-5-7-2-1-3-11(14)9(7)4-8(10)6-13/h4-5,11H,1-3,14H2. The van der Waals surface area contributed by atoms with Crippen LogP contribution in [0, 0.1) is 17.1 Å². The van der Waals surface area contributed by atoms with Crippen molar-refractivity contribution in [1.82, 2.24) is 0 Å². The van der Waals surface area contributed by atoms with Gasteiger partial charge in [-0.05, 0) is 42.5 Å². The Kier molecular flexibility index (Phi) is 2.22. The first kappa shape index (κ1) is 9.17. The number of nitrogens with zero attached hydrogens (tertiary/aromatic N) is 1. The third-order valence-electron chi connectivity index (χ3n) is 2.71. The third kappa shape index (κ3) is 1.38. The molecule has 2 N–H and O–H groups in total. The number of aryl methyl sites for hydroxylation is 1. The lowest BCUT2D eigenvalue weighted by Gasteiger charge is -2.22. The van der Waals surface area contributed by atoms with Crippen molar-refractivity contribution in [3.63, 3.8) is 0 Å². The quantitative estimate of drug-likeness (QED) is 0.680. The Morgan fingerprint density at radius 1 is 1.50 bits per heavy atom. The molecule has 1 atom stereocenters. The Morgan fingerprint density at radius 3 is 3.00 bits per heavy atom. The number of hydrogen-bond donors (Lipinski definition) is 1. The molecule has 2 nitrogen and oxygen atoms in total. The van der Waals surface area contributed by atoms with Crippen molar-refractivity contribution < 1.29 is 4.39 Å². The molecule has 72 valence electrons. The molecule has 0 amide bonds. The summed E-state index contributed by atoms with van der Waals surface area (Å²) in [5, 5.41) is 8.68. The van der Waals surface area contributed by atoms with E-state index in [0.717, 1.165) is 30.4 Å². The van der Waals surface area contributed by atoms with Crippen LogP contribution >= 0.6 is 0 Å². The lowest BCUT2D eigenvalue weighted by molar-refractivity contribution is 0.559. The van der Waals surface area contributed by atoms with E-state index in [9.17, 15) is 4.39 Å². The van der Waals surface area contributed by atoms with E-state index in [0.29, 0.717) is 0 Å². The molecule has 0 heterocycles. The number of nitriles is 1. The first-order valence-electron chi connectivity index (χ1n) is 4.70. The fraction of sp³-hybridized carbons (Fsp3) is 0.364. The summed E-state index contributed by atoms with van der Waals surface area (Å²) in [6, 6.07) is 4.84. The molecule has 1 aromatic rings. The smallest absolute Gasteiger partial charge is 0.141 e. The second-order valence-corrected chi connectivity index (χ2v) is 3.64. The Bertz CT molecular complexity index is 406. The van der Waals surface area contributed by atoms with Crippen LogP contribution in [0.5, 0.6) is 0 Å². The predicted octanol–water partition coefficient (Wildman–Crippen LogP) is 2.03. The molecular weight excluding hydrogens is 179 g/mol. The summed E-state index contributed by atoms with van der Waals surface area (Å²) in [7, 11) is 0.